The molecule has 0 fully saturated rings. The lowest BCUT2D eigenvalue weighted by molar-refractivity contribution is -0.132. The Morgan fingerprint density at radius 2 is 0.788 bits per heavy atom. The Labute approximate surface area is 206 Å². The van der Waals surface area contributed by atoms with Crippen molar-refractivity contribution in [2.24, 2.45) is 0 Å². The van der Waals surface area contributed by atoms with E-state index in [1.54, 1.807) is 0 Å². The van der Waals surface area contributed by atoms with Crippen molar-refractivity contribution in [3.63, 3.8) is 0 Å². The molecule has 0 atom stereocenters. The van der Waals surface area contributed by atoms with Crippen LogP contribution in [0.4, 0.5) is 0 Å². The minimum absolute atomic E-state index is 0.0570. The Kier molecular flexibility index (Phi) is 24.6. The number of ketones is 1. The molecule has 0 aromatic rings. The zero-order valence-electron chi connectivity index (χ0n) is 22.3. The summed E-state index contributed by atoms with van der Waals surface area (Å²) in [7, 11) is 0. The van der Waals surface area contributed by atoms with Crippen molar-refractivity contribution in [3.05, 3.63) is 11.6 Å². The summed E-state index contributed by atoms with van der Waals surface area (Å²) in [6.45, 7) is 3.76. The first-order valence-corrected chi connectivity index (χ1v) is 14.5. The molecule has 194 valence electrons. The highest BCUT2D eigenvalue weighted by atomic mass is 16.4. The first-order chi connectivity index (χ1) is 16.1. The van der Waals surface area contributed by atoms with Crippen LogP contribution >= 0.6 is 0 Å². The second kappa shape index (κ2) is 25.5. The number of unbranched alkanes of at least 4 members (excludes halogenated alkanes) is 22. The maximum absolute atomic E-state index is 11.6. The fourth-order valence-electron chi connectivity index (χ4n) is 4.46. The molecule has 0 spiro atoms. The van der Waals surface area contributed by atoms with Crippen LogP contribution in [0.15, 0.2) is 11.6 Å². The van der Waals surface area contributed by atoms with E-state index in [0.717, 1.165) is 12.8 Å². The summed E-state index contributed by atoms with van der Waals surface area (Å²) in [6, 6.07) is 0. The summed E-state index contributed by atoms with van der Waals surface area (Å²) < 4.78 is 0. The van der Waals surface area contributed by atoms with Crippen LogP contribution in [-0.2, 0) is 9.59 Å². The van der Waals surface area contributed by atoms with Crippen LogP contribution in [-0.4, -0.2) is 16.9 Å². The molecule has 3 nitrogen and oxygen atoms in total. The number of allylic oxidation sites excluding steroid dienone is 1. The van der Waals surface area contributed by atoms with Gasteiger partial charge in [-0.05, 0) is 19.4 Å². The average molecular weight is 465 g/mol. The lowest BCUT2D eigenvalue weighted by atomic mass is 10.0. The van der Waals surface area contributed by atoms with Crippen LogP contribution < -0.4 is 0 Å². The van der Waals surface area contributed by atoms with Gasteiger partial charge >= 0.3 is 5.97 Å². The Hall–Kier alpha value is -1.12. The van der Waals surface area contributed by atoms with E-state index in [-0.39, 0.29) is 11.4 Å². The SMILES string of the molecule is CCCCCCCCCCCCCCCCCCCCCCCCCC(=O)C=C(C)C(=O)O. The molecule has 0 aliphatic carbocycles. The smallest absolute Gasteiger partial charge is 0.331 e. The number of rotatable bonds is 26. The number of carbonyl (C=O) groups is 2. The highest BCUT2D eigenvalue weighted by molar-refractivity contribution is 5.98. The highest BCUT2D eigenvalue weighted by Gasteiger charge is 2.04. The van der Waals surface area contributed by atoms with Crippen molar-refractivity contribution in [1.82, 2.24) is 0 Å². The standard InChI is InChI=1S/C30H56O3/c1-3-4-5-6-7-8-9-10-11-12-13-14-15-16-17-18-19-20-21-22-23-24-25-26-29(31)27-28(2)30(32)33/h27H,3-26H2,1-2H3,(H,32,33). The van der Waals surface area contributed by atoms with Crippen LogP contribution in [0.2, 0.25) is 0 Å². The summed E-state index contributed by atoms with van der Waals surface area (Å²) in [4.78, 5) is 22.3. The van der Waals surface area contributed by atoms with Gasteiger partial charge in [-0.15, -0.1) is 0 Å². The van der Waals surface area contributed by atoms with Gasteiger partial charge in [-0.25, -0.2) is 4.79 Å². The van der Waals surface area contributed by atoms with Crippen LogP contribution in [0, 0.1) is 0 Å². The van der Waals surface area contributed by atoms with Crippen molar-refractivity contribution in [1.29, 1.82) is 0 Å². The van der Waals surface area contributed by atoms with Gasteiger partial charge in [-0.1, -0.05) is 148 Å². The number of hydrogen-bond donors (Lipinski definition) is 1. The van der Waals surface area contributed by atoms with E-state index >= 15 is 0 Å². The maximum Gasteiger partial charge on any atom is 0.331 e. The Morgan fingerprint density at radius 3 is 1.06 bits per heavy atom. The van der Waals surface area contributed by atoms with E-state index < -0.39 is 5.97 Å². The monoisotopic (exact) mass is 464 g/mol. The minimum atomic E-state index is -1.01. The summed E-state index contributed by atoms with van der Waals surface area (Å²) >= 11 is 0. The maximum atomic E-state index is 11.6. The molecule has 3 heteroatoms. The molecule has 0 rings (SSSR count). The van der Waals surface area contributed by atoms with Crippen LogP contribution in [0.3, 0.4) is 0 Å². The summed E-state index contributed by atoms with van der Waals surface area (Å²) in [5, 5.41) is 8.77. The normalized spacial score (nSPS) is 11.8. The number of carbonyl (C=O) groups excluding carboxylic acids is 1. The minimum Gasteiger partial charge on any atom is -0.478 e. The molecule has 0 aliphatic rings. The molecule has 0 aromatic carbocycles. The third kappa shape index (κ3) is 25.3. The quantitative estimate of drug-likeness (QED) is 0.102. The lowest BCUT2D eigenvalue weighted by Gasteiger charge is -2.04. The van der Waals surface area contributed by atoms with Crippen molar-refractivity contribution >= 4 is 11.8 Å². The molecule has 0 heterocycles. The lowest BCUT2D eigenvalue weighted by Crippen LogP contribution is -2.01. The molecule has 0 saturated heterocycles. The van der Waals surface area contributed by atoms with E-state index in [2.05, 4.69) is 6.92 Å². The van der Waals surface area contributed by atoms with Crippen molar-refractivity contribution in [2.75, 3.05) is 0 Å². The highest BCUT2D eigenvalue weighted by Crippen LogP contribution is 2.15. The van der Waals surface area contributed by atoms with Gasteiger partial charge < -0.3 is 5.11 Å². The number of carboxylic acid groups (broad SMARTS) is 1. The Morgan fingerprint density at radius 1 is 0.515 bits per heavy atom. The van der Waals surface area contributed by atoms with Gasteiger partial charge in [0.15, 0.2) is 5.78 Å². The number of aliphatic carboxylic acids is 1. The largest absolute Gasteiger partial charge is 0.478 e. The number of carboxylic acids is 1. The molecule has 33 heavy (non-hydrogen) atoms. The predicted molar refractivity (Wildman–Crippen MR) is 143 cm³/mol. The average Bonchev–Trinajstić information content (AvgIpc) is 2.79. The van der Waals surface area contributed by atoms with Crippen LogP contribution in [0.5, 0.6) is 0 Å². The van der Waals surface area contributed by atoms with Crippen molar-refractivity contribution < 1.29 is 14.7 Å². The zero-order valence-corrected chi connectivity index (χ0v) is 22.3. The van der Waals surface area contributed by atoms with Gasteiger partial charge in [0.05, 0.1) is 0 Å². The van der Waals surface area contributed by atoms with E-state index in [4.69, 9.17) is 5.11 Å². The van der Waals surface area contributed by atoms with Gasteiger partial charge in [0.1, 0.15) is 0 Å². The molecule has 0 amide bonds. The molecule has 0 bridgehead atoms. The second-order valence-corrected chi connectivity index (χ2v) is 10.1. The molecule has 0 radical (unpaired) electrons. The Balaban J connectivity index is 3.17. The van der Waals surface area contributed by atoms with E-state index in [0.29, 0.717) is 6.42 Å². The molecule has 0 aromatic heterocycles. The predicted octanol–water partition coefficient (Wildman–Crippen LogP) is 9.97. The molecule has 0 unspecified atom stereocenters. The van der Waals surface area contributed by atoms with Crippen LogP contribution in [0.25, 0.3) is 0 Å². The van der Waals surface area contributed by atoms with Crippen LogP contribution in [0.1, 0.15) is 168 Å². The Bertz CT molecular complexity index is 481. The number of hydrogen-bond acceptors (Lipinski definition) is 2. The van der Waals surface area contributed by atoms with Gasteiger partial charge in [-0.2, -0.15) is 0 Å². The molecular weight excluding hydrogens is 408 g/mol. The first kappa shape index (κ1) is 31.9. The molecule has 1 N–H and O–H groups in total. The van der Waals surface area contributed by atoms with Crippen molar-refractivity contribution in [2.45, 2.75) is 168 Å². The van der Waals surface area contributed by atoms with Gasteiger partial charge in [-0.3, -0.25) is 4.79 Å². The zero-order chi connectivity index (χ0) is 24.4. The van der Waals surface area contributed by atoms with Gasteiger partial charge in [0.25, 0.3) is 0 Å². The molecule has 0 saturated carbocycles. The summed E-state index contributed by atoms with van der Waals surface area (Å²) in [5.41, 5.74) is 0.133. The molecule has 0 aliphatic heterocycles. The first-order valence-electron chi connectivity index (χ1n) is 14.5. The van der Waals surface area contributed by atoms with Gasteiger partial charge in [0.2, 0.25) is 0 Å². The fourth-order valence-corrected chi connectivity index (χ4v) is 4.46. The molecular formula is C30H56O3. The third-order valence-corrected chi connectivity index (χ3v) is 6.74. The summed E-state index contributed by atoms with van der Waals surface area (Å²) in [5.74, 6) is -1.06. The van der Waals surface area contributed by atoms with Crippen molar-refractivity contribution in [3.8, 4) is 0 Å². The second-order valence-electron chi connectivity index (χ2n) is 10.1. The summed E-state index contributed by atoms with van der Waals surface area (Å²) in [6.07, 6.45) is 33.1. The topological polar surface area (TPSA) is 54.4 Å². The van der Waals surface area contributed by atoms with E-state index in [1.807, 2.05) is 0 Å². The van der Waals surface area contributed by atoms with Gasteiger partial charge in [0, 0.05) is 12.0 Å². The fraction of sp³-hybridized carbons (Fsp3) is 0.867. The van der Waals surface area contributed by atoms with E-state index in [1.165, 1.54) is 148 Å². The van der Waals surface area contributed by atoms with E-state index in [9.17, 15) is 9.59 Å². The third-order valence-electron chi connectivity index (χ3n) is 6.74.